The molecule has 1 aromatic rings. The van der Waals surface area contributed by atoms with Crippen molar-refractivity contribution in [2.75, 3.05) is 6.54 Å². The lowest BCUT2D eigenvalue weighted by Crippen LogP contribution is -2.50. The molecule has 23 heavy (non-hydrogen) atoms. The fourth-order valence-corrected chi connectivity index (χ4v) is 3.49. The molecule has 122 valence electrons. The topological polar surface area (TPSA) is 66.5 Å². The number of carbonyl (C=O) groups is 3. The normalized spacial score (nSPS) is 24.3. The second-order valence-electron chi connectivity index (χ2n) is 6.55. The van der Waals surface area contributed by atoms with E-state index in [1.165, 1.54) is 6.42 Å². The van der Waals surface area contributed by atoms with Gasteiger partial charge in [-0.2, -0.15) is 0 Å². The fourth-order valence-electron chi connectivity index (χ4n) is 3.49. The predicted molar refractivity (Wildman–Crippen MR) is 85.8 cm³/mol. The summed E-state index contributed by atoms with van der Waals surface area (Å²) < 4.78 is 0. The van der Waals surface area contributed by atoms with Crippen LogP contribution < -0.4 is 5.32 Å². The average molecular weight is 314 g/mol. The largest absolute Gasteiger partial charge is 0.352 e. The molecule has 2 aliphatic rings. The molecule has 1 aliphatic heterocycles. The number of hydrogen-bond donors (Lipinski definition) is 1. The molecule has 0 bridgehead atoms. The third kappa shape index (κ3) is 3.28. The van der Waals surface area contributed by atoms with Gasteiger partial charge in [-0.25, -0.2) is 0 Å². The number of amides is 3. The van der Waals surface area contributed by atoms with Crippen LogP contribution in [0.1, 0.15) is 48.5 Å². The van der Waals surface area contributed by atoms with Crippen molar-refractivity contribution < 1.29 is 14.4 Å². The van der Waals surface area contributed by atoms with Crippen LogP contribution in [0.15, 0.2) is 24.3 Å². The van der Waals surface area contributed by atoms with Crippen molar-refractivity contribution in [3.05, 3.63) is 35.4 Å². The van der Waals surface area contributed by atoms with Crippen LogP contribution in [0.5, 0.6) is 0 Å². The Kier molecular flexibility index (Phi) is 4.46. The Bertz CT molecular complexity index is 641. The Hall–Kier alpha value is -2.17. The minimum absolute atomic E-state index is 0.151. The second-order valence-corrected chi connectivity index (χ2v) is 6.55. The van der Waals surface area contributed by atoms with Gasteiger partial charge in [0.1, 0.15) is 6.54 Å². The van der Waals surface area contributed by atoms with Crippen LogP contribution in [0.3, 0.4) is 0 Å². The first-order chi connectivity index (χ1) is 11.1. The van der Waals surface area contributed by atoms with Crippen molar-refractivity contribution in [1.29, 1.82) is 0 Å². The second kappa shape index (κ2) is 6.52. The summed E-state index contributed by atoms with van der Waals surface area (Å²) in [4.78, 5) is 38.0. The van der Waals surface area contributed by atoms with Gasteiger partial charge >= 0.3 is 0 Å². The number of imide groups is 1. The molecule has 5 nitrogen and oxygen atoms in total. The molecule has 5 heteroatoms. The van der Waals surface area contributed by atoms with E-state index >= 15 is 0 Å². The van der Waals surface area contributed by atoms with E-state index < -0.39 is 0 Å². The van der Waals surface area contributed by atoms with Crippen LogP contribution in [-0.4, -0.2) is 35.2 Å². The van der Waals surface area contributed by atoms with Crippen LogP contribution >= 0.6 is 0 Å². The van der Waals surface area contributed by atoms with Crippen LogP contribution in [0, 0.1) is 5.92 Å². The third-order valence-electron chi connectivity index (χ3n) is 4.90. The molecule has 3 rings (SSSR count). The minimum Gasteiger partial charge on any atom is -0.352 e. The molecule has 0 unspecified atom stereocenters. The lowest BCUT2D eigenvalue weighted by Gasteiger charge is -2.31. The molecule has 2 atom stereocenters. The molecule has 1 saturated carbocycles. The van der Waals surface area contributed by atoms with Gasteiger partial charge < -0.3 is 5.32 Å². The highest BCUT2D eigenvalue weighted by Crippen LogP contribution is 2.24. The molecular weight excluding hydrogens is 292 g/mol. The molecule has 1 aliphatic carbocycles. The molecule has 0 aromatic heterocycles. The van der Waals surface area contributed by atoms with Crippen molar-refractivity contribution in [3.63, 3.8) is 0 Å². The summed E-state index contributed by atoms with van der Waals surface area (Å²) in [7, 11) is 0. The summed E-state index contributed by atoms with van der Waals surface area (Å²) in [6.07, 6.45) is 4.57. The molecule has 0 radical (unpaired) electrons. The van der Waals surface area contributed by atoms with Crippen molar-refractivity contribution in [1.82, 2.24) is 10.2 Å². The van der Waals surface area contributed by atoms with Crippen LogP contribution in [0.25, 0.3) is 0 Å². The summed E-state index contributed by atoms with van der Waals surface area (Å²) in [5.41, 5.74) is 1.26. The number of benzene rings is 1. The van der Waals surface area contributed by atoms with E-state index in [1.807, 2.05) is 6.07 Å². The van der Waals surface area contributed by atoms with E-state index in [2.05, 4.69) is 12.2 Å². The summed E-state index contributed by atoms with van der Waals surface area (Å²) >= 11 is 0. The number of nitrogens with one attached hydrogen (secondary N) is 1. The average Bonchev–Trinajstić information content (AvgIpc) is 2.54. The number of fused-ring (bicyclic) bond motifs is 1. The maximum atomic E-state index is 12.4. The predicted octanol–water partition coefficient (Wildman–Crippen LogP) is 1.91. The molecule has 1 fully saturated rings. The van der Waals surface area contributed by atoms with E-state index in [9.17, 15) is 14.4 Å². The highest BCUT2D eigenvalue weighted by Gasteiger charge is 2.32. The Morgan fingerprint density at radius 2 is 1.96 bits per heavy atom. The summed E-state index contributed by atoms with van der Waals surface area (Å²) in [5.74, 6) is -0.477. The maximum Gasteiger partial charge on any atom is 0.261 e. The zero-order valence-electron chi connectivity index (χ0n) is 13.4. The minimum atomic E-state index is -0.372. The Morgan fingerprint density at radius 3 is 2.74 bits per heavy atom. The van der Waals surface area contributed by atoms with E-state index in [0.29, 0.717) is 11.5 Å². The zero-order valence-corrected chi connectivity index (χ0v) is 13.4. The van der Waals surface area contributed by atoms with Gasteiger partial charge in [0.25, 0.3) is 5.91 Å². The van der Waals surface area contributed by atoms with E-state index in [-0.39, 0.29) is 36.7 Å². The fraction of sp³-hybridized carbons (Fsp3) is 0.500. The van der Waals surface area contributed by atoms with Gasteiger partial charge in [0, 0.05) is 11.6 Å². The van der Waals surface area contributed by atoms with Crippen molar-refractivity contribution in [2.24, 2.45) is 5.92 Å². The molecule has 1 heterocycles. The Labute approximate surface area is 136 Å². The highest BCUT2D eigenvalue weighted by atomic mass is 16.2. The Balaban J connectivity index is 1.66. The lowest BCUT2D eigenvalue weighted by molar-refractivity contribution is -0.133. The molecular formula is C18H22N2O3. The summed E-state index contributed by atoms with van der Waals surface area (Å²) in [5, 5.41) is 3.00. The number of nitrogens with zero attached hydrogens (tertiary/aromatic N) is 1. The van der Waals surface area contributed by atoms with Gasteiger partial charge in [-0.15, -0.1) is 0 Å². The molecule has 1 aromatic carbocycles. The Morgan fingerprint density at radius 1 is 1.22 bits per heavy atom. The van der Waals surface area contributed by atoms with Gasteiger partial charge in [-0.1, -0.05) is 38.0 Å². The lowest BCUT2D eigenvalue weighted by atomic mass is 9.86. The number of hydrogen-bond acceptors (Lipinski definition) is 3. The first-order valence-electron chi connectivity index (χ1n) is 8.28. The van der Waals surface area contributed by atoms with Gasteiger partial charge in [0.15, 0.2) is 0 Å². The van der Waals surface area contributed by atoms with Crippen molar-refractivity contribution >= 4 is 17.7 Å². The van der Waals surface area contributed by atoms with E-state index in [0.717, 1.165) is 29.7 Å². The first kappa shape index (κ1) is 15.7. The van der Waals surface area contributed by atoms with Crippen molar-refractivity contribution in [3.8, 4) is 0 Å². The third-order valence-corrected chi connectivity index (χ3v) is 4.90. The number of rotatable bonds is 3. The molecule has 0 spiro atoms. The van der Waals surface area contributed by atoms with Gasteiger partial charge in [-0.3, -0.25) is 19.3 Å². The van der Waals surface area contributed by atoms with Gasteiger partial charge in [0.2, 0.25) is 11.8 Å². The van der Waals surface area contributed by atoms with Crippen molar-refractivity contribution in [2.45, 2.75) is 45.1 Å². The molecule has 3 amide bonds. The van der Waals surface area contributed by atoms with Crippen LogP contribution in [0.4, 0.5) is 0 Å². The summed E-state index contributed by atoms with van der Waals surface area (Å²) in [6.45, 7) is 1.95. The SMILES string of the molecule is C[C@@H]1CCCC[C@@H]1NC(=O)CN1C(=O)Cc2ccccc2C1=O. The highest BCUT2D eigenvalue weighted by molar-refractivity contribution is 6.11. The first-order valence-corrected chi connectivity index (χ1v) is 8.28. The van der Waals surface area contributed by atoms with E-state index in [1.54, 1.807) is 18.2 Å². The van der Waals surface area contributed by atoms with E-state index in [4.69, 9.17) is 0 Å². The molecule has 1 N–H and O–H groups in total. The standard InChI is InChI=1S/C18H22N2O3/c1-12-6-2-5-9-15(12)19-16(21)11-20-17(22)10-13-7-3-4-8-14(13)18(20)23/h3-4,7-8,12,15H,2,5-6,9-11H2,1H3,(H,19,21)/t12-,15+/m1/s1. The summed E-state index contributed by atoms with van der Waals surface area (Å²) in [6, 6.07) is 7.23. The molecule has 0 saturated heterocycles. The van der Waals surface area contributed by atoms with Crippen LogP contribution in [0.2, 0.25) is 0 Å². The van der Waals surface area contributed by atoms with Gasteiger partial charge in [-0.05, 0) is 30.4 Å². The quantitative estimate of drug-likeness (QED) is 0.867. The number of carbonyl (C=O) groups excluding carboxylic acids is 3. The zero-order chi connectivity index (χ0) is 16.4. The maximum absolute atomic E-state index is 12.4. The smallest absolute Gasteiger partial charge is 0.261 e. The monoisotopic (exact) mass is 314 g/mol. The van der Waals surface area contributed by atoms with Crippen LogP contribution in [-0.2, 0) is 16.0 Å². The van der Waals surface area contributed by atoms with Gasteiger partial charge in [0.05, 0.1) is 6.42 Å².